The lowest BCUT2D eigenvalue weighted by Gasteiger charge is -2.22. The summed E-state index contributed by atoms with van der Waals surface area (Å²) in [5.74, 6) is -0.420. The highest BCUT2D eigenvalue weighted by Gasteiger charge is 2.21. The molecule has 5 heteroatoms. The number of rotatable bonds is 4. The van der Waals surface area contributed by atoms with Crippen LogP contribution in [0.15, 0.2) is 34.8 Å². The van der Waals surface area contributed by atoms with Gasteiger partial charge in [-0.3, -0.25) is 0 Å². The minimum absolute atomic E-state index is 0.0927. The Morgan fingerprint density at radius 2 is 1.90 bits per heavy atom. The average Bonchev–Trinajstić information content (AvgIpc) is 2.46. The Balaban J connectivity index is 2.59. The van der Waals surface area contributed by atoms with E-state index >= 15 is 0 Å². The smallest absolute Gasteiger partial charge is 0.148 e. The van der Waals surface area contributed by atoms with Crippen LogP contribution in [0.5, 0.6) is 0 Å². The van der Waals surface area contributed by atoms with Crippen LogP contribution in [-0.4, -0.2) is 6.54 Å². The Bertz CT molecular complexity index is 661. The molecule has 1 unspecified atom stereocenters. The van der Waals surface area contributed by atoms with Gasteiger partial charge in [0, 0.05) is 15.1 Å². The zero-order chi connectivity index (χ0) is 15.6. The molecule has 0 heterocycles. The molecule has 0 spiro atoms. The molecule has 2 aromatic carbocycles. The zero-order valence-corrected chi connectivity index (χ0v) is 14.8. The second-order valence-corrected chi connectivity index (χ2v) is 6.42. The first-order valence-corrected chi connectivity index (χ1v) is 8.13. The maximum atomic E-state index is 14.5. The maximum absolute atomic E-state index is 14.5. The van der Waals surface area contributed by atoms with E-state index < -0.39 is 5.82 Å². The van der Waals surface area contributed by atoms with Gasteiger partial charge < -0.3 is 5.32 Å². The van der Waals surface area contributed by atoms with Crippen molar-refractivity contribution in [2.45, 2.75) is 19.9 Å². The first-order valence-electron chi connectivity index (χ1n) is 6.58. The van der Waals surface area contributed by atoms with Gasteiger partial charge in [-0.05, 0) is 58.7 Å². The first kappa shape index (κ1) is 16.8. The molecular formula is C16H15BrCl2FN. The molecule has 0 fully saturated rings. The van der Waals surface area contributed by atoms with Crippen LogP contribution in [-0.2, 0) is 0 Å². The van der Waals surface area contributed by atoms with Gasteiger partial charge in [0.05, 0.1) is 11.1 Å². The molecule has 21 heavy (non-hydrogen) atoms. The fourth-order valence-electron chi connectivity index (χ4n) is 2.28. The topological polar surface area (TPSA) is 12.0 Å². The van der Waals surface area contributed by atoms with Crippen LogP contribution in [0.25, 0.3) is 0 Å². The van der Waals surface area contributed by atoms with E-state index in [0.29, 0.717) is 21.6 Å². The summed E-state index contributed by atoms with van der Waals surface area (Å²) >= 11 is 15.3. The Kier molecular flexibility index (Phi) is 5.67. The molecule has 1 N–H and O–H groups in total. The van der Waals surface area contributed by atoms with E-state index in [9.17, 15) is 4.39 Å². The Morgan fingerprint density at radius 1 is 1.19 bits per heavy atom. The lowest BCUT2D eigenvalue weighted by atomic mass is 9.94. The van der Waals surface area contributed by atoms with E-state index in [4.69, 9.17) is 23.2 Å². The highest BCUT2D eigenvalue weighted by atomic mass is 79.9. The van der Waals surface area contributed by atoms with Crippen LogP contribution in [0.1, 0.15) is 29.7 Å². The number of nitrogens with one attached hydrogen (secondary N) is 1. The lowest BCUT2D eigenvalue weighted by Crippen LogP contribution is -2.24. The predicted molar refractivity (Wildman–Crippen MR) is 90.8 cm³/mol. The van der Waals surface area contributed by atoms with Gasteiger partial charge in [-0.15, -0.1) is 0 Å². The monoisotopic (exact) mass is 389 g/mol. The molecule has 0 saturated heterocycles. The van der Waals surface area contributed by atoms with E-state index in [1.807, 2.05) is 32.0 Å². The van der Waals surface area contributed by atoms with E-state index in [1.165, 1.54) is 0 Å². The van der Waals surface area contributed by atoms with Gasteiger partial charge >= 0.3 is 0 Å². The largest absolute Gasteiger partial charge is 0.306 e. The summed E-state index contributed by atoms with van der Waals surface area (Å²) < 4.78 is 15.1. The zero-order valence-electron chi connectivity index (χ0n) is 11.7. The Hall–Kier alpha value is -0.610. The number of benzene rings is 2. The van der Waals surface area contributed by atoms with Crippen molar-refractivity contribution < 1.29 is 4.39 Å². The third-order valence-electron chi connectivity index (χ3n) is 3.34. The molecule has 1 atom stereocenters. The molecule has 1 nitrogen and oxygen atoms in total. The summed E-state index contributed by atoms with van der Waals surface area (Å²) in [5.41, 5.74) is 2.50. The third-order valence-corrected chi connectivity index (χ3v) is 4.83. The first-order chi connectivity index (χ1) is 9.95. The summed E-state index contributed by atoms with van der Waals surface area (Å²) in [6.45, 7) is 4.66. The van der Waals surface area contributed by atoms with Crippen molar-refractivity contribution in [2.24, 2.45) is 0 Å². The van der Waals surface area contributed by atoms with E-state index in [2.05, 4.69) is 21.2 Å². The van der Waals surface area contributed by atoms with Crippen molar-refractivity contribution >= 4 is 39.1 Å². The molecule has 0 amide bonds. The quantitative estimate of drug-likeness (QED) is 0.640. The summed E-state index contributed by atoms with van der Waals surface area (Å²) in [6.07, 6.45) is 0. The van der Waals surface area contributed by atoms with Crippen LogP contribution < -0.4 is 5.32 Å². The summed E-state index contributed by atoms with van der Waals surface area (Å²) in [6, 6.07) is 8.82. The third kappa shape index (κ3) is 3.59. The number of hydrogen-bond acceptors (Lipinski definition) is 1. The highest BCUT2D eigenvalue weighted by molar-refractivity contribution is 9.10. The van der Waals surface area contributed by atoms with Crippen molar-refractivity contribution in [1.29, 1.82) is 0 Å². The van der Waals surface area contributed by atoms with Gasteiger partial charge in [0.15, 0.2) is 0 Å². The van der Waals surface area contributed by atoms with Crippen LogP contribution in [0.4, 0.5) is 4.39 Å². The average molecular weight is 391 g/mol. The molecule has 0 bridgehead atoms. The molecule has 0 aliphatic heterocycles. The molecule has 0 saturated carbocycles. The van der Waals surface area contributed by atoms with Crippen LogP contribution >= 0.6 is 39.1 Å². The molecule has 0 aromatic heterocycles. The summed E-state index contributed by atoms with van der Waals surface area (Å²) in [7, 11) is 0. The van der Waals surface area contributed by atoms with Crippen molar-refractivity contribution in [3.05, 3.63) is 67.4 Å². The van der Waals surface area contributed by atoms with Crippen molar-refractivity contribution in [3.8, 4) is 0 Å². The lowest BCUT2D eigenvalue weighted by molar-refractivity contribution is 0.557. The minimum Gasteiger partial charge on any atom is -0.306 e. The second kappa shape index (κ2) is 7.10. The van der Waals surface area contributed by atoms with E-state index in [-0.39, 0.29) is 11.1 Å². The molecule has 0 aliphatic carbocycles. The highest BCUT2D eigenvalue weighted by Crippen LogP contribution is 2.34. The van der Waals surface area contributed by atoms with Crippen LogP contribution in [0.3, 0.4) is 0 Å². The summed E-state index contributed by atoms with van der Waals surface area (Å²) in [5, 5.41) is 4.02. The van der Waals surface area contributed by atoms with Crippen molar-refractivity contribution in [2.75, 3.05) is 6.54 Å². The molecular weight excluding hydrogens is 376 g/mol. The molecule has 2 aromatic rings. The second-order valence-electron chi connectivity index (χ2n) is 4.76. The van der Waals surface area contributed by atoms with Gasteiger partial charge in [-0.25, -0.2) is 4.39 Å². The van der Waals surface area contributed by atoms with Crippen molar-refractivity contribution in [1.82, 2.24) is 5.32 Å². The standard InChI is InChI=1S/C16H15BrCl2FN/c1-3-21-16(12-8-10(18)5-4-9(12)2)11-6-7-13(17)14(19)15(11)20/h4-8,16,21H,3H2,1-2H3. The predicted octanol–water partition coefficient (Wildman–Crippen LogP) is 5.90. The van der Waals surface area contributed by atoms with Gasteiger partial charge in [-0.2, -0.15) is 0 Å². The Labute approximate surface area is 142 Å². The molecule has 112 valence electrons. The van der Waals surface area contributed by atoms with Crippen LogP contribution in [0.2, 0.25) is 10.0 Å². The van der Waals surface area contributed by atoms with Crippen LogP contribution in [0, 0.1) is 12.7 Å². The fraction of sp³-hybridized carbons (Fsp3) is 0.250. The molecule has 2 rings (SSSR count). The SMILES string of the molecule is CCNC(c1cc(Cl)ccc1C)c1ccc(Br)c(Cl)c1F. The van der Waals surface area contributed by atoms with Gasteiger partial charge in [0.1, 0.15) is 5.82 Å². The Morgan fingerprint density at radius 3 is 2.57 bits per heavy atom. The summed E-state index contributed by atoms with van der Waals surface area (Å²) in [4.78, 5) is 0. The van der Waals surface area contributed by atoms with Gasteiger partial charge in [0.2, 0.25) is 0 Å². The maximum Gasteiger partial charge on any atom is 0.148 e. The van der Waals surface area contributed by atoms with E-state index in [1.54, 1.807) is 12.1 Å². The fourth-order valence-corrected chi connectivity index (χ4v) is 2.94. The molecule has 0 aliphatic rings. The normalized spacial score (nSPS) is 12.5. The van der Waals surface area contributed by atoms with E-state index in [0.717, 1.165) is 11.1 Å². The number of halogens is 4. The molecule has 0 radical (unpaired) electrons. The van der Waals surface area contributed by atoms with Crippen molar-refractivity contribution in [3.63, 3.8) is 0 Å². The number of aryl methyl sites for hydroxylation is 1. The minimum atomic E-state index is -0.420. The number of hydrogen-bond donors (Lipinski definition) is 1. The van der Waals surface area contributed by atoms with Gasteiger partial charge in [-0.1, -0.05) is 42.3 Å². The van der Waals surface area contributed by atoms with Gasteiger partial charge in [0.25, 0.3) is 0 Å².